The number of hydrogen-bond acceptors (Lipinski definition) is 11. The topological polar surface area (TPSA) is 165 Å². The Morgan fingerprint density at radius 1 is 1.16 bits per heavy atom. The summed E-state index contributed by atoms with van der Waals surface area (Å²) in [5.41, 5.74) is -0.0983. The zero-order valence-electron chi connectivity index (χ0n) is 21.2. The molecule has 1 aliphatic rings. The van der Waals surface area contributed by atoms with Crippen molar-refractivity contribution in [2.45, 2.75) is 45.8 Å². The van der Waals surface area contributed by atoms with Gasteiger partial charge in [-0.3, -0.25) is 18.6 Å². The van der Waals surface area contributed by atoms with Crippen molar-refractivity contribution in [1.82, 2.24) is 10.6 Å². The second-order valence-corrected chi connectivity index (χ2v) is 10.3. The van der Waals surface area contributed by atoms with E-state index in [0.29, 0.717) is 0 Å². The summed E-state index contributed by atoms with van der Waals surface area (Å²) in [5, 5.41) is 4.90. The minimum absolute atomic E-state index is 0.0125. The lowest BCUT2D eigenvalue weighted by Gasteiger charge is -2.39. The molecule has 14 heteroatoms. The fraction of sp³-hybridized carbons (Fsp3) is 0.565. The summed E-state index contributed by atoms with van der Waals surface area (Å²) in [6, 6.07) is 7.94. The summed E-state index contributed by atoms with van der Waals surface area (Å²) < 4.78 is 42.9. The van der Waals surface area contributed by atoms with Crippen molar-refractivity contribution >= 4 is 31.8 Å². The SMILES string of the molecule is CCOC(=O)[C@H](Cc1ccccc1)NC(=O)OCOP1(=O)OCC(C)(C)[C@H](C(=O)NCCC(=O)OC)O1. The third-order valence-corrected chi connectivity index (χ3v) is 6.52. The van der Waals surface area contributed by atoms with Crippen molar-refractivity contribution in [2.24, 2.45) is 5.41 Å². The van der Waals surface area contributed by atoms with Crippen LogP contribution in [0.4, 0.5) is 4.79 Å². The van der Waals surface area contributed by atoms with Crippen LogP contribution in [0.5, 0.6) is 0 Å². The number of methoxy groups -OCH3 is 1. The third kappa shape index (κ3) is 9.77. The zero-order chi connectivity index (χ0) is 27.5. The Morgan fingerprint density at radius 2 is 1.86 bits per heavy atom. The largest absolute Gasteiger partial charge is 0.478 e. The van der Waals surface area contributed by atoms with E-state index in [0.717, 1.165) is 5.56 Å². The smallest absolute Gasteiger partial charge is 0.469 e. The highest BCUT2D eigenvalue weighted by molar-refractivity contribution is 7.48. The number of rotatable bonds is 12. The van der Waals surface area contributed by atoms with E-state index >= 15 is 0 Å². The van der Waals surface area contributed by atoms with E-state index in [9.17, 15) is 23.7 Å². The highest BCUT2D eigenvalue weighted by atomic mass is 31.2. The molecule has 1 aromatic carbocycles. The van der Waals surface area contributed by atoms with Gasteiger partial charge in [0.15, 0.2) is 6.10 Å². The Kier molecular flexibility index (Phi) is 11.5. The molecular formula is C23H33N2O11P. The molecule has 1 aromatic rings. The monoisotopic (exact) mass is 544 g/mol. The van der Waals surface area contributed by atoms with Gasteiger partial charge in [-0.1, -0.05) is 44.2 Å². The first kappa shape index (κ1) is 30.2. The number of ether oxygens (including phenoxy) is 3. The summed E-state index contributed by atoms with van der Waals surface area (Å²) in [6.45, 7) is 4.06. The average Bonchev–Trinajstić information content (AvgIpc) is 2.86. The highest BCUT2D eigenvalue weighted by Gasteiger charge is 2.49. The van der Waals surface area contributed by atoms with Crippen LogP contribution < -0.4 is 10.6 Å². The molecule has 0 bridgehead atoms. The van der Waals surface area contributed by atoms with Crippen LogP contribution in [-0.2, 0) is 53.2 Å². The van der Waals surface area contributed by atoms with Gasteiger partial charge in [0.05, 0.1) is 26.7 Å². The van der Waals surface area contributed by atoms with Crippen LogP contribution >= 0.6 is 7.82 Å². The van der Waals surface area contributed by atoms with Crippen molar-refractivity contribution in [2.75, 3.05) is 33.7 Å². The first-order chi connectivity index (χ1) is 17.5. The van der Waals surface area contributed by atoms with E-state index in [1.165, 1.54) is 7.11 Å². The van der Waals surface area contributed by atoms with Gasteiger partial charge in [-0.2, -0.15) is 0 Å². The summed E-state index contributed by atoms with van der Waals surface area (Å²) >= 11 is 0. The van der Waals surface area contributed by atoms with Crippen LogP contribution in [0.25, 0.3) is 0 Å². The number of nitrogens with one attached hydrogen (secondary N) is 2. The van der Waals surface area contributed by atoms with E-state index in [2.05, 4.69) is 15.4 Å². The molecule has 0 saturated carbocycles. The Balaban J connectivity index is 1.91. The number of amides is 2. The third-order valence-electron chi connectivity index (χ3n) is 5.18. The minimum atomic E-state index is -4.28. The second kappa shape index (κ2) is 14.1. The molecule has 0 radical (unpaired) electrons. The van der Waals surface area contributed by atoms with Crippen LogP contribution in [0.3, 0.4) is 0 Å². The molecule has 1 unspecified atom stereocenters. The Hall–Kier alpha value is -2.99. The van der Waals surface area contributed by atoms with Crippen LogP contribution in [0.15, 0.2) is 30.3 Å². The van der Waals surface area contributed by atoms with Gasteiger partial charge in [0.25, 0.3) is 0 Å². The van der Waals surface area contributed by atoms with Crippen LogP contribution in [0, 0.1) is 5.41 Å². The number of phosphoric acid groups is 1. The summed E-state index contributed by atoms with van der Waals surface area (Å²) in [6.07, 6.45) is -2.17. The molecule has 3 atom stereocenters. The Morgan fingerprint density at radius 3 is 2.51 bits per heavy atom. The van der Waals surface area contributed by atoms with Gasteiger partial charge in [-0.25, -0.2) is 18.7 Å². The summed E-state index contributed by atoms with van der Waals surface area (Å²) in [5.74, 6) is -1.79. The maximum absolute atomic E-state index is 12.9. The van der Waals surface area contributed by atoms with Crippen molar-refractivity contribution in [1.29, 1.82) is 0 Å². The standard InChI is InChI=1S/C23H33N2O11P/c1-5-32-21(28)17(13-16-9-7-6-8-10-16)25-22(29)33-15-35-37(30)34-14-23(2,3)19(36-37)20(27)24-12-11-18(26)31-4/h6-10,17,19H,5,11-15H2,1-4H3,(H,24,27)(H,25,29)/t17-,19-,37?/m0/s1. The van der Waals surface area contributed by atoms with Crippen molar-refractivity contribution < 1.29 is 51.5 Å². The number of hydrogen-bond donors (Lipinski definition) is 2. The molecule has 13 nitrogen and oxygen atoms in total. The normalized spacial score (nSPS) is 21.2. The fourth-order valence-electron chi connectivity index (χ4n) is 3.19. The molecule has 37 heavy (non-hydrogen) atoms. The van der Waals surface area contributed by atoms with Crippen molar-refractivity contribution in [3.63, 3.8) is 0 Å². The van der Waals surface area contributed by atoms with Gasteiger partial charge in [-0.05, 0) is 12.5 Å². The molecule has 1 fully saturated rings. The molecule has 0 spiro atoms. The maximum Gasteiger partial charge on any atom is 0.478 e. The second-order valence-electron chi connectivity index (χ2n) is 8.63. The lowest BCUT2D eigenvalue weighted by Crippen LogP contribution is -2.50. The number of alkyl carbamates (subject to hydrolysis) is 1. The Labute approximate surface area is 215 Å². The van der Waals surface area contributed by atoms with Gasteiger partial charge in [0, 0.05) is 18.4 Å². The number of carbonyl (C=O) groups excluding carboxylic acids is 4. The molecule has 1 saturated heterocycles. The maximum atomic E-state index is 12.9. The molecule has 206 valence electrons. The molecule has 1 heterocycles. The van der Waals surface area contributed by atoms with E-state index < -0.39 is 56.1 Å². The molecule has 2 amide bonds. The zero-order valence-corrected chi connectivity index (χ0v) is 22.1. The van der Waals surface area contributed by atoms with Gasteiger partial charge >= 0.3 is 25.9 Å². The first-order valence-corrected chi connectivity index (χ1v) is 13.0. The first-order valence-electron chi connectivity index (χ1n) is 11.6. The predicted octanol–water partition coefficient (Wildman–Crippen LogP) is 2.09. The van der Waals surface area contributed by atoms with Crippen LogP contribution in [0.1, 0.15) is 32.8 Å². The predicted molar refractivity (Wildman–Crippen MR) is 128 cm³/mol. The summed E-state index contributed by atoms with van der Waals surface area (Å²) in [4.78, 5) is 48.4. The molecular weight excluding hydrogens is 511 g/mol. The lowest BCUT2D eigenvalue weighted by atomic mass is 9.87. The van der Waals surface area contributed by atoms with E-state index in [1.54, 1.807) is 45.0 Å². The van der Waals surface area contributed by atoms with Gasteiger partial charge in [0.2, 0.25) is 12.7 Å². The molecule has 1 aliphatic heterocycles. The Bertz CT molecular complexity index is 986. The van der Waals surface area contributed by atoms with Crippen LogP contribution in [-0.4, -0.2) is 69.7 Å². The fourth-order valence-corrected chi connectivity index (χ4v) is 4.70. The minimum Gasteiger partial charge on any atom is -0.469 e. The van der Waals surface area contributed by atoms with Crippen molar-refractivity contribution in [3.05, 3.63) is 35.9 Å². The van der Waals surface area contributed by atoms with E-state index in [1.807, 2.05) is 6.07 Å². The van der Waals surface area contributed by atoms with Gasteiger partial charge < -0.3 is 24.8 Å². The average molecular weight is 544 g/mol. The van der Waals surface area contributed by atoms with Crippen molar-refractivity contribution in [3.8, 4) is 0 Å². The molecule has 0 aromatic heterocycles. The van der Waals surface area contributed by atoms with E-state index in [-0.39, 0.29) is 32.6 Å². The molecule has 2 rings (SSSR count). The summed E-state index contributed by atoms with van der Waals surface area (Å²) in [7, 11) is -3.06. The lowest BCUT2D eigenvalue weighted by molar-refractivity contribution is -0.145. The van der Waals surface area contributed by atoms with E-state index in [4.69, 9.17) is 23.0 Å². The number of esters is 2. The number of carbonyl (C=O) groups is 4. The van der Waals surface area contributed by atoms with Gasteiger partial charge in [0.1, 0.15) is 6.04 Å². The van der Waals surface area contributed by atoms with Crippen LogP contribution in [0.2, 0.25) is 0 Å². The molecule has 0 aliphatic carbocycles. The molecule has 2 N–H and O–H groups in total. The van der Waals surface area contributed by atoms with Gasteiger partial charge in [-0.15, -0.1) is 0 Å². The number of phosphoric ester groups is 1. The highest BCUT2D eigenvalue weighted by Crippen LogP contribution is 2.57. The number of benzene rings is 1. The quantitative estimate of drug-likeness (QED) is 0.171.